The monoisotopic (exact) mass is 433 g/mol. The van der Waals surface area contributed by atoms with Gasteiger partial charge >= 0.3 is 16.3 Å². The van der Waals surface area contributed by atoms with Crippen LogP contribution in [0.2, 0.25) is 0 Å². The van der Waals surface area contributed by atoms with Crippen LogP contribution in [0.4, 0.5) is 4.79 Å². The van der Waals surface area contributed by atoms with Crippen molar-refractivity contribution >= 4 is 44.8 Å². The Morgan fingerprint density at radius 3 is 2.14 bits per heavy atom. The lowest BCUT2D eigenvalue weighted by atomic mass is 10.2. The van der Waals surface area contributed by atoms with Crippen LogP contribution in [0.3, 0.4) is 0 Å². The molecule has 122 valence electrons. The van der Waals surface area contributed by atoms with Crippen molar-refractivity contribution in [3.63, 3.8) is 0 Å². The van der Waals surface area contributed by atoms with Gasteiger partial charge in [-0.3, -0.25) is 4.79 Å². The molecule has 2 atom stereocenters. The highest BCUT2D eigenvalue weighted by Gasteiger charge is 2.61. The molecule has 1 fully saturated rings. The molecule has 1 aliphatic carbocycles. The van der Waals surface area contributed by atoms with Crippen LogP contribution in [0, 0.1) is 0 Å². The number of ether oxygens (including phenoxy) is 1. The fourth-order valence-electron chi connectivity index (χ4n) is 1.43. The van der Waals surface area contributed by atoms with Gasteiger partial charge in [-0.05, 0) is 27.2 Å². The van der Waals surface area contributed by atoms with Gasteiger partial charge < -0.3 is 10.1 Å². The molecule has 0 aromatic carbocycles. The molecule has 0 spiro atoms. The first-order valence-corrected chi connectivity index (χ1v) is 8.89. The number of hydrogen-bond donors (Lipinski definition) is 2. The number of amides is 2. The van der Waals surface area contributed by atoms with Gasteiger partial charge in [0, 0.05) is 18.0 Å². The topological polar surface area (TPSA) is 105 Å². The Bertz CT molecular complexity index is 543. The highest BCUT2D eigenvalue weighted by Crippen LogP contribution is 2.43. The number of hydrogen-bond acceptors (Lipinski definition) is 5. The summed E-state index contributed by atoms with van der Waals surface area (Å²) in [6, 6.07) is 0. The van der Waals surface area contributed by atoms with Crippen molar-refractivity contribution in [2.45, 2.75) is 42.3 Å². The summed E-state index contributed by atoms with van der Waals surface area (Å²) in [6.45, 7) is 5.10. The predicted octanol–water partition coefficient (Wildman–Crippen LogP) is 0.380. The molecule has 2 N–H and O–H groups in total. The number of nitrogens with one attached hydrogen (secondary N) is 2. The van der Waals surface area contributed by atoms with Crippen LogP contribution < -0.4 is 10.0 Å². The van der Waals surface area contributed by atoms with Crippen molar-refractivity contribution in [2.24, 2.45) is 0 Å². The highest BCUT2D eigenvalue weighted by atomic mass is 127. The average molecular weight is 433 g/mol. The van der Waals surface area contributed by atoms with E-state index in [-0.39, 0.29) is 3.92 Å². The molecule has 0 aromatic rings. The minimum absolute atomic E-state index is 0.194. The summed E-state index contributed by atoms with van der Waals surface area (Å²) >= 11 is 1.98. The molecule has 0 heterocycles. The summed E-state index contributed by atoms with van der Waals surface area (Å²) in [5.41, 5.74) is -1.95. The highest BCUT2D eigenvalue weighted by molar-refractivity contribution is 14.1. The maximum atomic E-state index is 12.2. The molecule has 0 bridgehead atoms. The number of nitrogens with zero attached hydrogens (tertiary/aromatic N) is 1. The maximum Gasteiger partial charge on any atom is 0.408 e. The van der Waals surface area contributed by atoms with Crippen LogP contribution in [0.25, 0.3) is 0 Å². The fraction of sp³-hybridized carbons (Fsp3) is 0.818. The Hall–Kier alpha value is -0.620. The van der Waals surface area contributed by atoms with Crippen molar-refractivity contribution < 1.29 is 22.7 Å². The molecular formula is C11H20IN3O5S. The van der Waals surface area contributed by atoms with Gasteiger partial charge in [-0.25, -0.2) is 9.52 Å². The first kappa shape index (κ1) is 18.4. The van der Waals surface area contributed by atoms with Crippen LogP contribution in [0.1, 0.15) is 27.2 Å². The van der Waals surface area contributed by atoms with Gasteiger partial charge in [0.05, 0.1) is 0 Å². The minimum Gasteiger partial charge on any atom is -0.444 e. The molecule has 10 heteroatoms. The quantitative estimate of drug-likeness (QED) is 0.493. The molecule has 0 aromatic heterocycles. The molecule has 0 unspecified atom stereocenters. The van der Waals surface area contributed by atoms with Crippen molar-refractivity contribution in [3.05, 3.63) is 0 Å². The lowest BCUT2D eigenvalue weighted by Crippen LogP contribution is -2.54. The Balaban J connectivity index is 2.78. The van der Waals surface area contributed by atoms with Crippen molar-refractivity contribution in [2.75, 3.05) is 14.1 Å². The Morgan fingerprint density at radius 2 is 1.81 bits per heavy atom. The summed E-state index contributed by atoms with van der Waals surface area (Å²) in [5.74, 6) is -0.763. The predicted molar refractivity (Wildman–Crippen MR) is 85.3 cm³/mol. The van der Waals surface area contributed by atoms with E-state index in [1.807, 2.05) is 27.3 Å². The molecule has 0 saturated heterocycles. The van der Waals surface area contributed by atoms with Crippen LogP contribution in [-0.2, 0) is 19.7 Å². The third-order valence-corrected chi connectivity index (χ3v) is 5.62. The number of carbonyl (C=O) groups is 2. The zero-order chi connectivity index (χ0) is 16.6. The number of carbonyl (C=O) groups excluding carboxylic acids is 2. The number of alkyl halides is 1. The van der Waals surface area contributed by atoms with Gasteiger partial charge in [0.2, 0.25) is 0 Å². The van der Waals surface area contributed by atoms with E-state index in [9.17, 15) is 18.0 Å². The maximum absolute atomic E-state index is 12.2. The summed E-state index contributed by atoms with van der Waals surface area (Å²) in [6.07, 6.45) is -0.402. The van der Waals surface area contributed by atoms with Gasteiger partial charge in [-0.2, -0.15) is 12.7 Å². The van der Waals surface area contributed by atoms with E-state index >= 15 is 0 Å². The van der Waals surface area contributed by atoms with E-state index in [0.717, 1.165) is 4.31 Å². The lowest BCUT2D eigenvalue weighted by molar-refractivity contribution is -0.122. The standard InChI is InChI=1S/C11H20IN3O5S/c1-10(2,3)20-9(17)13-11(6-7(11)12)8(16)14-21(18,19)15(4)5/h7H,6H2,1-5H3,(H,13,17)(H,14,16)/t7-,11-/m1/s1. The Morgan fingerprint density at radius 1 is 1.33 bits per heavy atom. The SMILES string of the molecule is CN(C)S(=O)(=O)NC(=O)[C@@]1(NC(=O)OC(C)(C)C)C[C@H]1I. The second kappa shape index (κ2) is 5.88. The van der Waals surface area contributed by atoms with Crippen LogP contribution in [-0.4, -0.2) is 53.9 Å². The second-order valence-corrected chi connectivity index (χ2v) is 9.38. The van der Waals surface area contributed by atoms with Crippen molar-refractivity contribution in [3.8, 4) is 0 Å². The first-order valence-electron chi connectivity index (χ1n) is 6.20. The average Bonchev–Trinajstić information content (AvgIpc) is 2.86. The number of rotatable bonds is 4. The van der Waals surface area contributed by atoms with E-state index in [0.29, 0.717) is 6.42 Å². The first-order chi connectivity index (χ1) is 9.30. The summed E-state index contributed by atoms with van der Waals surface area (Å²) in [5, 5.41) is 2.47. The fourth-order valence-corrected chi connectivity index (χ4v) is 3.16. The minimum atomic E-state index is -3.90. The van der Waals surface area contributed by atoms with E-state index in [1.165, 1.54) is 14.1 Å². The van der Waals surface area contributed by atoms with Crippen LogP contribution in [0.15, 0.2) is 0 Å². The molecule has 21 heavy (non-hydrogen) atoms. The van der Waals surface area contributed by atoms with Crippen molar-refractivity contribution in [1.29, 1.82) is 0 Å². The van der Waals surface area contributed by atoms with Gasteiger partial charge in [-0.1, -0.05) is 22.6 Å². The van der Waals surface area contributed by atoms with Gasteiger partial charge in [0.1, 0.15) is 11.1 Å². The molecule has 8 nitrogen and oxygen atoms in total. The summed E-state index contributed by atoms with van der Waals surface area (Å²) < 4.78 is 31.1. The van der Waals surface area contributed by atoms with E-state index < -0.39 is 33.3 Å². The molecule has 0 aliphatic heterocycles. The number of halogens is 1. The van der Waals surface area contributed by atoms with Crippen LogP contribution >= 0.6 is 22.6 Å². The van der Waals surface area contributed by atoms with E-state index in [4.69, 9.17) is 4.74 Å². The zero-order valence-corrected chi connectivity index (χ0v) is 15.5. The molecule has 1 aliphatic rings. The Kier molecular flexibility index (Phi) is 5.16. The molecule has 1 rings (SSSR count). The zero-order valence-electron chi connectivity index (χ0n) is 12.6. The molecule has 2 amide bonds. The molecular weight excluding hydrogens is 413 g/mol. The largest absolute Gasteiger partial charge is 0.444 e. The molecule has 0 radical (unpaired) electrons. The van der Waals surface area contributed by atoms with Gasteiger partial charge in [0.25, 0.3) is 5.91 Å². The summed E-state index contributed by atoms with van der Waals surface area (Å²) in [4.78, 5) is 24.0. The third-order valence-electron chi connectivity index (χ3n) is 2.71. The Labute approximate surface area is 138 Å². The normalized spacial score (nSPS) is 25.4. The summed E-state index contributed by atoms with van der Waals surface area (Å²) in [7, 11) is -1.29. The van der Waals surface area contributed by atoms with E-state index in [1.54, 1.807) is 20.8 Å². The van der Waals surface area contributed by atoms with Crippen molar-refractivity contribution in [1.82, 2.24) is 14.3 Å². The smallest absolute Gasteiger partial charge is 0.408 e. The van der Waals surface area contributed by atoms with Crippen LogP contribution in [0.5, 0.6) is 0 Å². The lowest BCUT2D eigenvalue weighted by Gasteiger charge is -2.23. The third kappa shape index (κ3) is 4.68. The second-order valence-electron chi connectivity index (χ2n) is 5.99. The van der Waals surface area contributed by atoms with Gasteiger partial charge in [-0.15, -0.1) is 0 Å². The van der Waals surface area contributed by atoms with E-state index in [2.05, 4.69) is 5.32 Å². The number of alkyl carbamates (subject to hydrolysis) is 1. The van der Waals surface area contributed by atoms with Gasteiger partial charge in [0.15, 0.2) is 0 Å². The molecule has 1 saturated carbocycles.